The number of ketones is 1. The summed E-state index contributed by atoms with van der Waals surface area (Å²) in [5, 5.41) is 0. The zero-order valence-electron chi connectivity index (χ0n) is 29.6. The number of rotatable bonds is 12. The van der Waals surface area contributed by atoms with Crippen LogP contribution >= 0.6 is 0 Å². The smallest absolute Gasteiger partial charge is 0.159 e. The number of hydrogen-bond acceptors (Lipinski definition) is 3. The van der Waals surface area contributed by atoms with Crippen molar-refractivity contribution in [3.63, 3.8) is 0 Å². The lowest BCUT2D eigenvalue weighted by atomic mass is 9.97. The fourth-order valence-corrected chi connectivity index (χ4v) is 4.98. The summed E-state index contributed by atoms with van der Waals surface area (Å²) >= 11 is 0. The molecule has 2 unspecified atom stereocenters. The van der Waals surface area contributed by atoms with E-state index in [1.54, 1.807) is 13.0 Å². The highest BCUT2D eigenvalue weighted by Crippen LogP contribution is 2.28. The van der Waals surface area contributed by atoms with Gasteiger partial charge in [-0.25, -0.2) is 4.39 Å². The first-order valence-electron chi connectivity index (χ1n) is 16.7. The Hall–Kier alpha value is -3.50. The monoisotopic (exact) mass is 614 g/mol. The molecule has 0 aromatic heterocycles. The van der Waals surface area contributed by atoms with Crippen LogP contribution < -0.4 is 5.73 Å². The molecule has 2 aromatic rings. The van der Waals surface area contributed by atoms with E-state index in [2.05, 4.69) is 97.2 Å². The molecule has 1 aliphatic rings. The van der Waals surface area contributed by atoms with E-state index in [0.717, 1.165) is 42.6 Å². The van der Waals surface area contributed by atoms with Gasteiger partial charge >= 0.3 is 0 Å². The van der Waals surface area contributed by atoms with E-state index in [0.29, 0.717) is 17.5 Å². The minimum absolute atomic E-state index is 0.0602. The lowest BCUT2D eigenvalue weighted by Crippen LogP contribution is -2.18. The lowest BCUT2D eigenvalue weighted by molar-refractivity contribution is -0.113. The molecule has 2 N–H and O–H groups in total. The fourth-order valence-electron chi connectivity index (χ4n) is 4.98. The van der Waals surface area contributed by atoms with Gasteiger partial charge in [-0.3, -0.25) is 4.79 Å². The quantitative estimate of drug-likeness (QED) is 0.242. The molecule has 0 radical (unpaired) electrons. The van der Waals surface area contributed by atoms with Gasteiger partial charge in [-0.05, 0) is 105 Å². The van der Waals surface area contributed by atoms with E-state index in [1.807, 2.05) is 30.5 Å². The van der Waals surface area contributed by atoms with E-state index in [-0.39, 0.29) is 11.6 Å². The maximum Gasteiger partial charge on any atom is 0.159 e. The molecule has 0 fully saturated rings. The van der Waals surface area contributed by atoms with E-state index in [4.69, 9.17) is 5.73 Å². The number of carbonyl (C=O) groups excluding carboxylic acids is 1. The molecular formula is C41H59FN2O. The molecular weight excluding hydrogens is 555 g/mol. The van der Waals surface area contributed by atoms with Gasteiger partial charge in [0.1, 0.15) is 5.82 Å². The molecule has 0 aliphatic carbocycles. The van der Waals surface area contributed by atoms with Crippen molar-refractivity contribution in [2.45, 2.75) is 113 Å². The van der Waals surface area contributed by atoms with Crippen molar-refractivity contribution in [2.75, 3.05) is 0 Å². The molecule has 4 heteroatoms. The van der Waals surface area contributed by atoms with Gasteiger partial charge in [0.2, 0.25) is 0 Å². The number of hydrogen-bond donors (Lipinski definition) is 1. The second kappa shape index (κ2) is 21.3. The summed E-state index contributed by atoms with van der Waals surface area (Å²) in [5.41, 5.74) is 14.2. The molecule has 3 nitrogen and oxygen atoms in total. The van der Waals surface area contributed by atoms with E-state index in [9.17, 15) is 9.18 Å². The molecule has 45 heavy (non-hydrogen) atoms. The molecule has 1 aliphatic heterocycles. The van der Waals surface area contributed by atoms with Crippen LogP contribution in [0.3, 0.4) is 0 Å². The van der Waals surface area contributed by atoms with Gasteiger partial charge in [0.25, 0.3) is 0 Å². The number of unbranched alkanes of at least 4 members (excludes halogenated alkanes) is 1. The third-order valence-electron chi connectivity index (χ3n) is 8.31. The summed E-state index contributed by atoms with van der Waals surface area (Å²) < 4.78 is 13.1. The molecule has 2 aromatic carbocycles. The van der Waals surface area contributed by atoms with Gasteiger partial charge < -0.3 is 10.6 Å². The number of nitrogens with zero attached hydrogens (tertiary/aromatic N) is 1. The first-order valence-corrected chi connectivity index (χ1v) is 16.7. The molecule has 3 rings (SSSR count). The van der Waals surface area contributed by atoms with Crippen molar-refractivity contribution >= 4 is 11.9 Å². The number of allylic oxidation sites excluding steroid dienone is 6. The first-order chi connectivity index (χ1) is 21.4. The summed E-state index contributed by atoms with van der Waals surface area (Å²) in [6.45, 7) is 22.9. The van der Waals surface area contributed by atoms with Gasteiger partial charge in [0.15, 0.2) is 5.78 Å². The van der Waals surface area contributed by atoms with Gasteiger partial charge in [-0.1, -0.05) is 109 Å². The van der Waals surface area contributed by atoms with Crippen LogP contribution in [0.5, 0.6) is 0 Å². The second-order valence-corrected chi connectivity index (χ2v) is 12.1. The van der Waals surface area contributed by atoms with Crippen LogP contribution in [0.4, 0.5) is 4.39 Å². The SMILES string of the molecule is C=C1C=C(C(C)=O)C=CN1/C(C)=C(CC)/C(C)=C/c1ccccc1C.CCC(C)Cc1ccccc1F.CCCCC(N)CC. The maximum absolute atomic E-state index is 13.1. The van der Waals surface area contributed by atoms with E-state index < -0.39 is 0 Å². The summed E-state index contributed by atoms with van der Waals surface area (Å²) in [6, 6.07) is 15.9. The summed E-state index contributed by atoms with van der Waals surface area (Å²) in [4.78, 5) is 13.6. The zero-order valence-corrected chi connectivity index (χ0v) is 29.6. The predicted molar refractivity (Wildman–Crippen MR) is 194 cm³/mol. The highest BCUT2D eigenvalue weighted by molar-refractivity contribution is 5.96. The maximum atomic E-state index is 13.1. The Balaban J connectivity index is 0.000000417. The number of halogens is 1. The minimum Gasteiger partial charge on any atom is -0.328 e. The molecule has 0 saturated carbocycles. The predicted octanol–water partition coefficient (Wildman–Crippen LogP) is 11.3. The second-order valence-electron chi connectivity index (χ2n) is 12.1. The van der Waals surface area contributed by atoms with Crippen molar-refractivity contribution in [1.29, 1.82) is 0 Å². The zero-order chi connectivity index (χ0) is 33.9. The minimum atomic E-state index is -0.0715. The number of nitrogens with two attached hydrogens (primary N) is 1. The molecule has 0 bridgehead atoms. The van der Waals surface area contributed by atoms with Gasteiger partial charge in [-0.15, -0.1) is 0 Å². The average molecular weight is 615 g/mol. The van der Waals surface area contributed by atoms with Crippen molar-refractivity contribution in [3.8, 4) is 0 Å². The van der Waals surface area contributed by atoms with Crippen LogP contribution in [0.25, 0.3) is 6.08 Å². The third-order valence-corrected chi connectivity index (χ3v) is 8.31. The lowest BCUT2D eigenvalue weighted by Gasteiger charge is -2.27. The number of benzene rings is 2. The van der Waals surface area contributed by atoms with Crippen LogP contribution in [0.1, 0.15) is 111 Å². The molecule has 246 valence electrons. The highest BCUT2D eigenvalue weighted by atomic mass is 19.1. The van der Waals surface area contributed by atoms with E-state index >= 15 is 0 Å². The van der Waals surface area contributed by atoms with Gasteiger partial charge in [0.05, 0.1) is 0 Å². The summed E-state index contributed by atoms with van der Waals surface area (Å²) in [5.74, 6) is 0.560. The Kier molecular flexibility index (Phi) is 18.7. The van der Waals surface area contributed by atoms with Crippen molar-refractivity contribution in [1.82, 2.24) is 4.90 Å². The van der Waals surface area contributed by atoms with E-state index in [1.165, 1.54) is 47.6 Å². The van der Waals surface area contributed by atoms with Crippen LogP contribution in [0.2, 0.25) is 0 Å². The van der Waals surface area contributed by atoms with Crippen molar-refractivity contribution in [3.05, 3.63) is 124 Å². The van der Waals surface area contributed by atoms with Gasteiger partial charge in [0, 0.05) is 29.2 Å². The Labute approximate surface area is 274 Å². The Bertz CT molecular complexity index is 1350. The Morgan fingerprint density at radius 3 is 2.18 bits per heavy atom. The third kappa shape index (κ3) is 14.0. The Morgan fingerprint density at radius 2 is 1.64 bits per heavy atom. The Morgan fingerprint density at radius 1 is 1.00 bits per heavy atom. The number of aryl methyl sites for hydroxylation is 1. The number of carbonyl (C=O) groups is 1. The molecule has 0 saturated heterocycles. The molecule has 2 atom stereocenters. The molecule has 0 amide bonds. The highest BCUT2D eigenvalue weighted by Gasteiger charge is 2.16. The topological polar surface area (TPSA) is 46.3 Å². The molecule has 0 spiro atoms. The van der Waals surface area contributed by atoms with Crippen LogP contribution in [0, 0.1) is 18.7 Å². The fraction of sp³-hybridized carbons (Fsp3) is 0.439. The van der Waals surface area contributed by atoms with Crippen LogP contribution in [-0.2, 0) is 11.2 Å². The summed E-state index contributed by atoms with van der Waals surface area (Å²) in [7, 11) is 0. The first kappa shape index (κ1) is 39.5. The normalized spacial score (nSPS) is 14.7. The van der Waals surface area contributed by atoms with Crippen molar-refractivity contribution < 1.29 is 9.18 Å². The number of Topliss-reactive ketones (excluding diaryl/α,β-unsaturated/α-hetero) is 1. The van der Waals surface area contributed by atoms with Crippen LogP contribution in [0.15, 0.2) is 102 Å². The van der Waals surface area contributed by atoms with Crippen molar-refractivity contribution in [2.24, 2.45) is 11.7 Å². The largest absolute Gasteiger partial charge is 0.328 e. The standard InChI is InChI=1S/C23H27NO.C11H15F.C7H17N/c1-7-23(17(3)14-21-11-9-8-10-16(21)2)19(5)24-13-12-22(20(6)25)15-18(24)4;1-3-9(2)8-10-6-4-5-7-11(10)12;1-3-5-6-7(8)4-2/h8-15H,4,7H2,1-3,5-6H3;4-7,9H,3,8H2,1-2H3;7H,3-6,8H2,1-2H3/b17-14+,23-19+;;. The average Bonchev–Trinajstić information content (AvgIpc) is 3.02. The van der Waals surface area contributed by atoms with Gasteiger partial charge in [-0.2, -0.15) is 0 Å². The molecule has 1 heterocycles. The van der Waals surface area contributed by atoms with Crippen LogP contribution in [-0.4, -0.2) is 16.7 Å². The summed E-state index contributed by atoms with van der Waals surface area (Å²) in [6.07, 6.45) is 15.7.